The van der Waals surface area contributed by atoms with Crippen LogP contribution < -0.4 is 5.32 Å². The molecule has 1 aromatic carbocycles. The first-order valence-corrected chi connectivity index (χ1v) is 10.5. The molecule has 150 valence electrons. The van der Waals surface area contributed by atoms with Crippen molar-refractivity contribution in [3.63, 3.8) is 0 Å². The van der Waals surface area contributed by atoms with E-state index in [0.717, 1.165) is 39.0 Å². The standard InChI is InChI=1S/C19H26Cl3N3O2/c1-12-8-24(9-13(2)27-12)10-15-4-3-5-25(15)11-18(26)23-19-16(21)6-14(20)7-17(19)22/h6-7,12-13,15H,3-5,8-11H2,1-2H3,(H,23,26). The maximum Gasteiger partial charge on any atom is 0.238 e. The van der Waals surface area contributed by atoms with Gasteiger partial charge in [0.05, 0.1) is 34.5 Å². The number of carbonyl (C=O) groups excluding carboxylic acids is 1. The summed E-state index contributed by atoms with van der Waals surface area (Å²) in [5.74, 6) is -0.114. The molecule has 0 bridgehead atoms. The van der Waals surface area contributed by atoms with Crippen LogP contribution in [0.3, 0.4) is 0 Å². The lowest BCUT2D eigenvalue weighted by Gasteiger charge is -2.38. The van der Waals surface area contributed by atoms with Crippen molar-refractivity contribution in [1.29, 1.82) is 0 Å². The second-order valence-corrected chi connectivity index (χ2v) is 8.79. The summed E-state index contributed by atoms with van der Waals surface area (Å²) in [6, 6.07) is 3.53. The molecule has 5 nitrogen and oxygen atoms in total. The summed E-state index contributed by atoms with van der Waals surface area (Å²) < 4.78 is 5.82. The summed E-state index contributed by atoms with van der Waals surface area (Å²) in [7, 11) is 0. The van der Waals surface area contributed by atoms with Crippen molar-refractivity contribution >= 4 is 46.4 Å². The summed E-state index contributed by atoms with van der Waals surface area (Å²) in [4.78, 5) is 17.3. The Bertz CT molecular complexity index is 655. The largest absolute Gasteiger partial charge is 0.373 e. The van der Waals surface area contributed by atoms with Gasteiger partial charge < -0.3 is 10.1 Å². The van der Waals surface area contributed by atoms with Gasteiger partial charge in [0.25, 0.3) is 0 Å². The fraction of sp³-hybridized carbons (Fsp3) is 0.632. The summed E-state index contributed by atoms with van der Waals surface area (Å²) in [6.07, 6.45) is 2.72. The second-order valence-electron chi connectivity index (χ2n) is 7.53. The van der Waals surface area contributed by atoms with Crippen molar-refractivity contribution in [2.75, 3.05) is 38.0 Å². The molecule has 3 unspecified atom stereocenters. The van der Waals surface area contributed by atoms with Crippen LogP contribution in [0.5, 0.6) is 0 Å². The Balaban J connectivity index is 1.57. The number of morpholine rings is 1. The quantitative estimate of drug-likeness (QED) is 0.756. The lowest BCUT2D eigenvalue weighted by Crippen LogP contribution is -2.50. The highest BCUT2D eigenvalue weighted by Crippen LogP contribution is 2.33. The van der Waals surface area contributed by atoms with Crippen LogP contribution in [0.25, 0.3) is 0 Å². The maximum absolute atomic E-state index is 12.6. The van der Waals surface area contributed by atoms with E-state index in [1.54, 1.807) is 12.1 Å². The van der Waals surface area contributed by atoms with Crippen LogP contribution in [-0.4, -0.2) is 66.7 Å². The molecule has 2 saturated heterocycles. The Kier molecular flexibility index (Phi) is 7.28. The molecule has 2 aliphatic heterocycles. The molecule has 0 saturated carbocycles. The van der Waals surface area contributed by atoms with Crippen LogP contribution in [0.15, 0.2) is 12.1 Å². The molecule has 27 heavy (non-hydrogen) atoms. The van der Waals surface area contributed by atoms with E-state index in [-0.39, 0.29) is 18.1 Å². The van der Waals surface area contributed by atoms with E-state index < -0.39 is 0 Å². The van der Waals surface area contributed by atoms with Crippen molar-refractivity contribution in [1.82, 2.24) is 9.80 Å². The van der Waals surface area contributed by atoms with Gasteiger partial charge in [0.15, 0.2) is 0 Å². The monoisotopic (exact) mass is 433 g/mol. The van der Waals surface area contributed by atoms with Crippen LogP contribution in [-0.2, 0) is 9.53 Å². The number of likely N-dealkylation sites (tertiary alicyclic amines) is 1. The summed E-state index contributed by atoms with van der Waals surface area (Å²) in [6.45, 7) is 8.33. The smallest absolute Gasteiger partial charge is 0.238 e. The zero-order chi connectivity index (χ0) is 19.6. The number of benzene rings is 1. The molecule has 0 spiro atoms. The number of halogens is 3. The summed E-state index contributed by atoms with van der Waals surface area (Å²) >= 11 is 18.3. The first-order valence-electron chi connectivity index (χ1n) is 9.38. The number of ether oxygens (including phenoxy) is 1. The fourth-order valence-corrected chi connectivity index (χ4v) is 4.98. The van der Waals surface area contributed by atoms with Gasteiger partial charge in [-0.3, -0.25) is 14.6 Å². The van der Waals surface area contributed by atoms with Gasteiger partial charge in [-0.05, 0) is 45.4 Å². The number of carbonyl (C=O) groups is 1. The van der Waals surface area contributed by atoms with Gasteiger partial charge in [0.2, 0.25) is 5.91 Å². The van der Waals surface area contributed by atoms with Gasteiger partial charge in [-0.15, -0.1) is 0 Å². The molecule has 0 aliphatic carbocycles. The third kappa shape index (κ3) is 5.72. The van der Waals surface area contributed by atoms with Gasteiger partial charge in [-0.25, -0.2) is 0 Å². The minimum absolute atomic E-state index is 0.114. The molecule has 1 aromatic rings. The third-order valence-electron chi connectivity index (χ3n) is 5.08. The maximum atomic E-state index is 12.6. The summed E-state index contributed by atoms with van der Waals surface area (Å²) in [5.41, 5.74) is 0.416. The molecule has 1 N–H and O–H groups in total. The number of amides is 1. The zero-order valence-corrected chi connectivity index (χ0v) is 17.9. The minimum atomic E-state index is -0.114. The van der Waals surface area contributed by atoms with E-state index >= 15 is 0 Å². The van der Waals surface area contributed by atoms with Crippen LogP contribution >= 0.6 is 34.8 Å². The Morgan fingerprint density at radius 2 is 1.81 bits per heavy atom. The highest BCUT2D eigenvalue weighted by molar-refractivity contribution is 6.42. The van der Waals surface area contributed by atoms with Crippen molar-refractivity contribution in [3.05, 3.63) is 27.2 Å². The predicted molar refractivity (Wildman–Crippen MR) is 111 cm³/mol. The van der Waals surface area contributed by atoms with Crippen molar-refractivity contribution in [2.45, 2.75) is 44.9 Å². The summed E-state index contributed by atoms with van der Waals surface area (Å²) in [5, 5.41) is 3.96. The van der Waals surface area contributed by atoms with Gasteiger partial charge in [0, 0.05) is 30.7 Å². The number of rotatable bonds is 5. The number of nitrogens with zero attached hydrogens (tertiary/aromatic N) is 2. The van der Waals surface area contributed by atoms with Crippen molar-refractivity contribution in [2.24, 2.45) is 0 Å². The Hall–Kier alpha value is -0.560. The number of anilines is 1. The molecule has 2 fully saturated rings. The first-order chi connectivity index (χ1) is 12.8. The molecule has 3 rings (SSSR count). The van der Waals surface area contributed by atoms with Crippen molar-refractivity contribution < 1.29 is 9.53 Å². The lowest BCUT2D eigenvalue weighted by molar-refractivity contribution is -0.117. The molecule has 0 aromatic heterocycles. The van der Waals surface area contributed by atoms with Crippen LogP contribution in [0.2, 0.25) is 15.1 Å². The Labute approximate surface area is 175 Å². The molecule has 1 amide bonds. The molecule has 2 aliphatic rings. The zero-order valence-electron chi connectivity index (χ0n) is 15.7. The average Bonchev–Trinajstić information content (AvgIpc) is 2.96. The topological polar surface area (TPSA) is 44.8 Å². The SMILES string of the molecule is CC1CN(CC2CCCN2CC(=O)Nc2c(Cl)cc(Cl)cc2Cl)CC(C)O1. The lowest BCUT2D eigenvalue weighted by atomic mass is 10.1. The minimum Gasteiger partial charge on any atom is -0.373 e. The van der Waals surface area contributed by atoms with Gasteiger partial charge in [-0.2, -0.15) is 0 Å². The van der Waals surface area contributed by atoms with Crippen molar-refractivity contribution in [3.8, 4) is 0 Å². The van der Waals surface area contributed by atoms with E-state index in [9.17, 15) is 4.79 Å². The highest BCUT2D eigenvalue weighted by Gasteiger charge is 2.31. The Morgan fingerprint density at radius 1 is 1.19 bits per heavy atom. The molecule has 3 atom stereocenters. The average molecular weight is 435 g/mol. The van der Waals surface area contributed by atoms with Crippen LogP contribution in [0.4, 0.5) is 5.69 Å². The van der Waals surface area contributed by atoms with E-state index in [1.807, 2.05) is 0 Å². The Morgan fingerprint density at radius 3 is 2.44 bits per heavy atom. The predicted octanol–water partition coefficient (Wildman–Crippen LogP) is 4.16. The fourth-order valence-electron chi connectivity index (χ4n) is 4.07. The van der Waals surface area contributed by atoms with Crippen LogP contribution in [0.1, 0.15) is 26.7 Å². The van der Waals surface area contributed by atoms with Crippen LogP contribution in [0, 0.1) is 0 Å². The van der Waals surface area contributed by atoms with Gasteiger partial charge >= 0.3 is 0 Å². The van der Waals surface area contributed by atoms with E-state index in [0.29, 0.717) is 33.3 Å². The normalized spacial score (nSPS) is 27.1. The molecule has 2 heterocycles. The van der Waals surface area contributed by atoms with E-state index in [1.165, 1.54) is 0 Å². The third-order valence-corrected chi connectivity index (χ3v) is 5.90. The highest BCUT2D eigenvalue weighted by atomic mass is 35.5. The van der Waals surface area contributed by atoms with E-state index in [2.05, 4.69) is 29.0 Å². The molecule has 0 radical (unpaired) electrons. The first kappa shape index (κ1) is 21.2. The molecular formula is C19H26Cl3N3O2. The van der Waals surface area contributed by atoms with E-state index in [4.69, 9.17) is 39.5 Å². The number of nitrogens with one attached hydrogen (secondary N) is 1. The van der Waals surface area contributed by atoms with Gasteiger partial charge in [-0.1, -0.05) is 34.8 Å². The molecular weight excluding hydrogens is 409 g/mol. The number of hydrogen-bond donors (Lipinski definition) is 1. The second kappa shape index (κ2) is 9.29. The molecule has 8 heteroatoms. The number of hydrogen-bond acceptors (Lipinski definition) is 4. The van der Waals surface area contributed by atoms with Gasteiger partial charge in [0.1, 0.15) is 0 Å².